The van der Waals surface area contributed by atoms with Crippen LogP contribution in [0, 0.1) is 11.8 Å². The molecule has 3 rings (SSSR count). The second kappa shape index (κ2) is 3.84. The molecule has 80 valence electrons. The maximum atomic E-state index is 3.75. The lowest BCUT2D eigenvalue weighted by atomic mass is 9.84. The zero-order valence-corrected chi connectivity index (χ0v) is 9.17. The maximum Gasteiger partial charge on any atom is 0.00728 e. The quantitative estimate of drug-likeness (QED) is 0.710. The Balaban J connectivity index is 1.53. The van der Waals surface area contributed by atoms with Crippen LogP contribution in [0.3, 0.4) is 0 Å². The molecule has 0 radical (unpaired) electrons. The highest BCUT2D eigenvalue weighted by atomic mass is 15.0. The van der Waals surface area contributed by atoms with Crippen LogP contribution in [0.5, 0.6) is 0 Å². The van der Waals surface area contributed by atoms with Crippen LogP contribution in [0.1, 0.15) is 57.8 Å². The second-order valence-electron chi connectivity index (χ2n) is 5.86. The van der Waals surface area contributed by atoms with Gasteiger partial charge in [-0.25, -0.2) is 0 Å². The van der Waals surface area contributed by atoms with E-state index in [2.05, 4.69) is 5.32 Å². The molecule has 0 aromatic carbocycles. The van der Waals surface area contributed by atoms with E-state index in [1.54, 1.807) is 19.3 Å². The summed E-state index contributed by atoms with van der Waals surface area (Å²) < 4.78 is 0. The van der Waals surface area contributed by atoms with E-state index < -0.39 is 0 Å². The van der Waals surface area contributed by atoms with Crippen molar-refractivity contribution in [2.24, 2.45) is 11.8 Å². The molecule has 1 N–H and O–H groups in total. The van der Waals surface area contributed by atoms with Crippen molar-refractivity contribution >= 4 is 0 Å². The van der Waals surface area contributed by atoms with Crippen molar-refractivity contribution in [3.63, 3.8) is 0 Å². The SMILES string of the molecule is C1CCC(CC2CC3CCC(C2)N3)C1. The van der Waals surface area contributed by atoms with Gasteiger partial charge in [-0.05, 0) is 43.9 Å². The van der Waals surface area contributed by atoms with Gasteiger partial charge in [0.25, 0.3) is 0 Å². The van der Waals surface area contributed by atoms with Gasteiger partial charge in [-0.3, -0.25) is 0 Å². The molecule has 1 nitrogen and oxygen atoms in total. The number of piperidine rings is 1. The Kier molecular flexibility index (Phi) is 2.53. The molecule has 2 saturated heterocycles. The molecule has 1 aliphatic carbocycles. The van der Waals surface area contributed by atoms with Crippen molar-refractivity contribution in [1.82, 2.24) is 5.32 Å². The van der Waals surface area contributed by atoms with Gasteiger partial charge in [0.2, 0.25) is 0 Å². The van der Waals surface area contributed by atoms with Crippen molar-refractivity contribution in [3.8, 4) is 0 Å². The van der Waals surface area contributed by atoms with E-state index in [1.165, 1.54) is 38.5 Å². The highest BCUT2D eigenvalue weighted by molar-refractivity contribution is 4.92. The van der Waals surface area contributed by atoms with E-state index in [0.29, 0.717) is 0 Å². The molecule has 0 spiro atoms. The van der Waals surface area contributed by atoms with Crippen LogP contribution in [0.15, 0.2) is 0 Å². The third kappa shape index (κ3) is 1.84. The molecule has 1 saturated carbocycles. The van der Waals surface area contributed by atoms with E-state index in [1.807, 2.05) is 0 Å². The van der Waals surface area contributed by atoms with E-state index in [0.717, 1.165) is 23.9 Å². The monoisotopic (exact) mass is 193 g/mol. The fourth-order valence-electron chi connectivity index (χ4n) is 4.09. The van der Waals surface area contributed by atoms with Crippen LogP contribution in [0.4, 0.5) is 0 Å². The molecule has 2 bridgehead atoms. The van der Waals surface area contributed by atoms with Crippen LogP contribution < -0.4 is 5.32 Å². The van der Waals surface area contributed by atoms with Gasteiger partial charge >= 0.3 is 0 Å². The standard InChI is InChI=1S/C13H23N/c1-2-4-10(3-1)7-11-8-12-5-6-13(9-11)14-12/h10-14H,1-9H2. The number of nitrogens with one attached hydrogen (secondary N) is 1. The molecule has 0 aromatic heterocycles. The smallest absolute Gasteiger partial charge is 0.00728 e. The van der Waals surface area contributed by atoms with E-state index in [9.17, 15) is 0 Å². The molecule has 3 fully saturated rings. The normalized spacial score (nSPS) is 43.3. The Labute approximate surface area is 87.7 Å². The number of hydrogen-bond acceptors (Lipinski definition) is 1. The average Bonchev–Trinajstić information content (AvgIpc) is 2.77. The number of fused-ring (bicyclic) bond motifs is 2. The van der Waals surface area contributed by atoms with Crippen LogP contribution in [-0.4, -0.2) is 12.1 Å². The summed E-state index contributed by atoms with van der Waals surface area (Å²) in [5, 5.41) is 3.75. The first-order chi connectivity index (χ1) is 6.90. The summed E-state index contributed by atoms with van der Waals surface area (Å²) in [7, 11) is 0. The lowest BCUT2D eigenvalue weighted by Gasteiger charge is -2.30. The first-order valence-electron chi connectivity index (χ1n) is 6.66. The second-order valence-corrected chi connectivity index (χ2v) is 5.86. The average molecular weight is 193 g/mol. The molecule has 0 amide bonds. The van der Waals surface area contributed by atoms with Gasteiger partial charge in [0.15, 0.2) is 0 Å². The Bertz CT molecular complexity index is 183. The van der Waals surface area contributed by atoms with Gasteiger partial charge in [0, 0.05) is 12.1 Å². The maximum absolute atomic E-state index is 3.75. The topological polar surface area (TPSA) is 12.0 Å². The molecule has 3 aliphatic rings. The van der Waals surface area contributed by atoms with Gasteiger partial charge in [0.05, 0.1) is 0 Å². The molecule has 2 heterocycles. The molecule has 1 heteroatoms. The van der Waals surface area contributed by atoms with Crippen molar-refractivity contribution in [2.45, 2.75) is 69.9 Å². The van der Waals surface area contributed by atoms with Gasteiger partial charge in [0.1, 0.15) is 0 Å². The molecular weight excluding hydrogens is 170 g/mol. The lowest BCUT2D eigenvalue weighted by Crippen LogP contribution is -2.38. The minimum absolute atomic E-state index is 0.903. The predicted molar refractivity (Wildman–Crippen MR) is 59.2 cm³/mol. The highest BCUT2D eigenvalue weighted by Crippen LogP contribution is 2.38. The van der Waals surface area contributed by atoms with Crippen molar-refractivity contribution in [3.05, 3.63) is 0 Å². The molecule has 0 aromatic rings. The Hall–Kier alpha value is -0.0400. The van der Waals surface area contributed by atoms with Gasteiger partial charge < -0.3 is 5.32 Å². The zero-order valence-electron chi connectivity index (χ0n) is 9.17. The summed E-state index contributed by atoms with van der Waals surface area (Å²) in [4.78, 5) is 0. The van der Waals surface area contributed by atoms with Crippen LogP contribution in [-0.2, 0) is 0 Å². The van der Waals surface area contributed by atoms with Crippen LogP contribution >= 0.6 is 0 Å². The van der Waals surface area contributed by atoms with Crippen molar-refractivity contribution in [2.75, 3.05) is 0 Å². The summed E-state index contributed by atoms with van der Waals surface area (Å²) in [5.41, 5.74) is 0. The molecule has 2 atom stereocenters. The largest absolute Gasteiger partial charge is 0.311 e. The summed E-state index contributed by atoms with van der Waals surface area (Å²) in [6.07, 6.45) is 13.6. The van der Waals surface area contributed by atoms with E-state index in [-0.39, 0.29) is 0 Å². The highest BCUT2D eigenvalue weighted by Gasteiger charge is 2.34. The fourth-order valence-corrected chi connectivity index (χ4v) is 4.09. The van der Waals surface area contributed by atoms with Crippen LogP contribution in [0.2, 0.25) is 0 Å². The Morgan fingerprint density at radius 2 is 1.43 bits per heavy atom. The molecular formula is C13H23N. The van der Waals surface area contributed by atoms with Gasteiger partial charge in [-0.15, -0.1) is 0 Å². The minimum atomic E-state index is 0.903. The van der Waals surface area contributed by atoms with Crippen LogP contribution in [0.25, 0.3) is 0 Å². The van der Waals surface area contributed by atoms with Gasteiger partial charge in [-0.2, -0.15) is 0 Å². The third-order valence-corrected chi connectivity index (χ3v) is 4.71. The lowest BCUT2D eigenvalue weighted by molar-refractivity contribution is 0.252. The minimum Gasteiger partial charge on any atom is -0.311 e. The first-order valence-corrected chi connectivity index (χ1v) is 6.66. The third-order valence-electron chi connectivity index (χ3n) is 4.71. The summed E-state index contributed by atoms with van der Waals surface area (Å²) in [5.74, 6) is 2.19. The zero-order chi connectivity index (χ0) is 9.38. The van der Waals surface area contributed by atoms with Crippen molar-refractivity contribution in [1.29, 1.82) is 0 Å². The molecule has 2 aliphatic heterocycles. The molecule has 14 heavy (non-hydrogen) atoms. The van der Waals surface area contributed by atoms with Gasteiger partial charge in [-0.1, -0.05) is 25.7 Å². The Morgan fingerprint density at radius 3 is 2.07 bits per heavy atom. The Morgan fingerprint density at radius 1 is 0.786 bits per heavy atom. The summed E-state index contributed by atoms with van der Waals surface area (Å²) >= 11 is 0. The number of hydrogen-bond donors (Lipinski definition) is 1. The summed E-state index contributed by atoms with van der Waals surface area (Å²) in [6.45, 7) is 0. The molecule has 2 unspecified atom stereocenters. The van der Waals surface area contributed by atoms with Crippen molar-refractivity contribution < 1.29 is 0 Å². The number of rotatable bonds is 2. The summed E-state index contributed by atoms with van der Waals surface area (Å²) in [6, 6.07) is 1.81. The fraction of sp³-hybridized carbons (Fsp3) is 1.00. The first kappa shape index (κ1) is 9.21. The van der Waals surface area contributed by atoms with E-state index in [4.69, 9.17) is 0 Å². The van der Waals surface area contributed by atoms with E-state index >= 15 is 0 Å². The predicted octanol–water partition coefficient (Wildman–Crippen LogP) is 3.10.